The monoisotopic (exact) mass is 195 g/mol. The van der Waals surface area contributed by atoms with Crippen LogP contribution in [0.4, 0.5) is 5.82 Å². The number of rotatable bonds is 1. The summed E-state index contributed by atoms with van der Waals surface area (Å²) in [6, 6.07) is 10.9. The summed E-state index contributed by atoms with van der Waals surface area (Å²) in [6.45, 7) is 0. The van der Waals surface area contributed by atoms with Crippen molar-refractivity contribution in [1.82, 2.24) is 4.98 Å². The highest BCUT2D eigenvalue weighted by atomic mass is 15.2. The quantitative estimate of drug-likeness (QED) is 0.397. The molecule has 1 heterocycles. The zero-order chi connectivity index (χ0) is 10.7. The van der Waals surface area contributed by atoms with E-state index in [2.05, 4.69) is 15.0 Å². The van der Waals surface area contributed by atoms with E-state index in [-0.39, 0.29) is 11.4 Å². The molecule has 2 rings (SSSR count). The minimum Gasteiger partial charge on any atom is -0.245 e. The fourth-order valence-electron chi connectivity index (χ4n) is 1.31. The predicted octanol–water partition coefficient (Wildman–Crippen LogP) is 3.05. The van der Waals surface area contributed by atoms with E-state index in [1.54, 1.807) is 12.1 Å². The number of benzene rings is 1. The lowest BCUT2D eigenvalue weighted by atomic mass is 10.1. The van der Waals surface area contributed by atoms with Crippen molar-refractivity contribution in [2.45, 2.75) is 0 Å². The molecule has 0 bridgehead atoms. The number of hydrogen-bond donors (Lipinski definition) is 0. The number of fused-ring (bicyclic) bond motifs is 1. The summed E-state index contributed by atoms with van der Waals surface area (Å²) in [4.78, 5) is 6.73. The number of azide groups is 1. The molecule has 15 heavy (non-hydrogen) atoms. The number of hydrogen-bond acceptors (Lipinski definition) is 3. The van der Waals surface area contributed by atoms with Gasteiger partial charge in [-0.3, -0.25) is 0 Å². The van der Waals surface area contributed by atoms with Crippen LogP contribution in [0.5, 0.6) is 0 Å². The molecule has 5 heteroatoms. The molecule has 1 aromatic heterocycles. The lowest BCUT2D eigenvalue weighted by molar-refractivity contribution is 1.29. The van der Waals surface area contributed by atoms with E-state index in [9.17, 15) is 0 Å². The van der Waals surface area contributed by atoms with E-state index in [1.165, 1.54) is 0 Å². The third-order valence-electron chi connectivity index (χ3n) is 1.96. The first-order valence-corrected chi connectivity index (χ1v) is 4.20. The van der Waals surface area contributed by atoms with E-state index in [1.807, 2.05) is 24.3 Å². The van der Waals surface area contributed by atoms with Gasteiger partial charge in [-0.05, 0) is 22.8 Å². The van der Waals surface area contributed by atoms with Gasteiger partial charge in [-0.25, -0.2) is 4.98 Å². The molecule has 0 spiro atoms. The second kappa shape index (κ2) is 3.66. The molecule has 0 aliphatic heterocycles. The first-order valence-electron chi connectivity index (χ1n) is 4.20. The second-order valence-electron chi connectivity index (χ2n) is 2.85. The highest BCUT2D eigenvalue weighted by Crippen LogP contribution is 2.21. The first kappa shape index (κ1) is 9.00. The summed E-state index contributed by atoms with van der Waals surface area (Å²) in [5, 5.41) is 13.1. The lowest BCUT2D eigenvalue weighted by Gasteiger charge is -1.99. The Labute approximate surface area is 85.2 Å². The number of pyridine rings is 1. The van der Waals surface area contributed by atoms with Gasteiger partial charge in [0, 0.05) is 10.3 Å². The molecular weight excluding hydrogens is 190 g/mol. The van der Waals surface area contributed by atoms with Crippen LogP contribution in [0.15, 0.2) is 35.4 Å². The third-order valence-corrected chi connectivity index (χ3v) is 1.96. The standard InChI is InChI=1S/C10H5N5/c11-6-8-5-7-3-1-2-4-9(7)13-10(8)14-15-12/h1-5H. The number of para-hydroxylation sites is 1. The molecule has 2 aromatic rings. The van der Waals surface area contributed by atoms with Gasteiger partial charge < -0.3 is 0 Å². The average molecular weight is 195 g/mol. The van der Waals surface area contributed by atoms with Crippen LogP contribution in [0.3, 0.4) is 0 Å². The third kappa shape index (κ3) is 1.57. The summed E-state index contributed by atoms with van der Waals surface area (Å²) in [7, 11) is 0. The largest absolute Gasteiger partial charge is 0.245 e. The maximum Gasteiger partial charge on any atom is 0.145 e. The molecular formula is C10H5N5. The maximum absolute atomic E-state index is 8.83. The fourth-order valence-corrected chi connectivity index (χ4v) is 1.31. The first-order chi connectivity index (χ1) is 7.35. The minimum atomic E-state index is 0.124. The predicted molar refractivity (Wildman–Crippen MR) is 55.3 cm³/mol. The molecule has 0 atom stereocenters. The molecule has 70 valence electrons. The lowest BCUT2D eigenvalue weighted by Crippen LogP contribution is -1.83. The average Bonchev–Trinajstić information content (AvgIpc) is 2.28. The Morgan fingerprint density at radius 3 is 2.93 bits per heavy atom. The van der Waals surface area contributed by atoms with Crippen LogP contribution in [0.1, 0.15) is 5.56 Å². The van der Waals surface area contributed by atoms with Crippen LogP contribution < -0.4 is 0 Å². The Kier molecular flexibility index (Phi) is 2.20. The molecule has 0 aliphatic carbocycles. The molecule has 0 unspecified atom stereocenters. The van der Waals surface area contributed by atoms with Gasteiger partial charge in [0.15, 0.2) is 0 Å². The van der Waals surface area contributed by atoms with Gasteiger partial charge in [0.05, 0.1) is 11.1 Å². The number of aromatic nitrogens is 1. The van der Waals surface area contributed by atoms with E-state index < -0.39 is 0 Å². The number of nitriles is 1. The van der Waals surface area contributed by atoms with Gasteiger partial charge in [-0.1, -0.05) is 18.2 Å². The van der Waals surface area contributed by atoms with Crippen molar-refractivity contribution < 1.29 is 0 Å². The van der Waals surface area contributed by atoms with Gasteiger partial charge in [-0.15, -0.1) is 0 Å². The topological polar surface area (TPSA) is 85.4 Å². The normalized spacial score (nSPS) is 9.27. The van der Waals surface area contributed by atoms with E-state index in [0.717, 1.165) is 5.39 Å². The summed E-state index contributed by atoms with van der Waals surface area (Å²) in [6.07, 6.45) is 0. The van der Waals surface area contributed by atoms with Gasteiger partial charge in [0.25, 0.3) is 0 Å². The van der Waals surface area contributed by atoms with Crippen LogP contribution in [0.25, 0.3) is 21.3 Å². The maximum atomic E-state index is 8.83. The van der Waals surface area contributed by atoms with E-state index >= 15 is 0 Å². The van der Waals surface area contributed by atoms with Crippen molar-refractivity contribution in [2.75, 3.05) is 0 Å². The SMILES string of the molecule is N#Cc1cc2ccccc2nc1N=[N+]=[N-]. The van der Waals surface area contributed by atoms with Crippen LogP contribution >= 0.6 is 0 Å². The zero-order valence-corrected chi connectivity index (χ0v) is 7.62. The van der Waals surface area contributed by atoms with Gasteiger partial charge in [0.1, 0.15) is 11.9 Å². The zero-order valence-electron chi connectivity index (χ0n) is 7.62. The van der Waals surface area contributed by atoms with Crippen molar-refractivity contribution in [3.63, 3.8) is 0 Å². The Balaban J connectivity index is 2.81. The van der Waals surface area contributed by atoms with Gasteiger partial charge >= 0.3 is 0 Å². The molecule has 5 nitrogen and oxygen atoms in total. The Bertz CT molecular complexity index is 605. The number of nitrogens with zero attached hydrogens (tertiary/aromatic N) is 5. The minimum absolute atomic E-state index is 0.124. The van der Waals surface area contributed by atoms with Crippen LogP contribution in [-0.4, -0.2) is 4.98 Å². The Hall–Kier alpha value is -2.57. The highest BCUT2D eigenvalue weighted by molar-refractivity contribution is 5.82. The summed E-state index contributed by atoms with van der Waals surface area (Å²) >= 11 is 0. The molecule has 0 fully saturated rings. The molecule has 0 saturated heterocycles. The molecule has 1 aromatic carbocycles. The van der Waals surface area contributed by atoms with Crippen LogP contribution in [-0.2, 0) is 0 Å². The van der Waals surface area contributed by atoms with Crippen molar-refractivity contribution in [3.8, 4) is 6.07 Å². The molecule has 0 saturated carbocycles. The summed E-state index contributed by atoms with van der Waals surface area (Å²) in [5.74, 6) is 0.124. The van der Waals surface area contributed by atoms with Gasteiger partial charge in [-0.2, -0.15) is 5.26 Å². The van der Waals surface area contributed by atoms with E-state index in [0.29, 0.717) is 5.52 Å². The smallest absolute Gasteiger partial charge is 0.145 e. The van der Waals surface area contributed by atoms with Crippen molar-refractivity contribution in [3.05, 3.63) is 46.3 Å². The second-order valence-corrected chi connectivity index (χ2v) is 2.85. The summed E-state index contributed by atoms with van der Waals surface area (Å²) in [5.41, 5.74) is 9.31. The highest BCUT2D eigenvalue weighted by Gasteiger charge is 2.03. The van der Waals surface area contributed by atoms with Crippen molar-refractivity contribution in [2.24, 2.45) is 5.11 Å². The van der Waals surface area contributed by atoms with Gasteiger partial charge in [0.2, 0.25) is 0 Å². The molecule has 0 aliphatic rings. The van der Waals surface area contributed by atoms with Crippen molar-refractivity contribution in [1.29, 1.82) is 5.26 Å². The summed E-state index contributed by atoms with van der Waals surface area (Å²) < 4.78 is 0. The van der Waals surface area contributed by atoms with Crippen molar-refractivity contribution >= 4 is 16.7 Å². The molecule has 0 amide bonds. The molecule has 0 radical (unpaired) electrons. The molecule has 0 N–H and O–H groups in total. The van der Waals surface area contributed by atoms with Crippen LogP contribution in [0.2, 0.25) is 0 Å². The Morgan fingerprint density at radius 1 is 1.40 bits per heavy atom. The fraction of sp³-hybridized carbons (Fsp3) is 0. The van der Waals surface area contributed by atoms with Crippen LogP contribution in [0, 0.1) is 11.3 Å². The van der Waals surface area contributed by atoms with E-state index in [4.69, 9.17) is 10.8 Å². The Morgan fingerprint density at radius 2 is 2.20 bits per heavy atom.